The minimum Gasteiger partial charge on any atom is -0.328 e. The van der Waals surface area contributed by atoms with Crippen LogP contribution in [0.15, 0.2) is 72.8 Å². The average Bonchev–Trinajstić information content (AvgIpc) is 2.68. The molecule has 7 heteroatoms. The van der Waals surface area contributed by atoms with Crippen LogP contribution in [0.3, 0.4) is 0 Å². The molecule has 0 aliphatic carbocycles. The van der Waals surface area contributed by atoms with Crippen LogP contribution in [0, 0.1) is 5.82 Å². The lowest BCUT2D eigenvalue weighted by Gasteiger charge is -2.21. The van der Waals surface area contributed by atoms with E-state index in [1.807, 2.05) is 0 Å². The number of nitrogens with one attached hydrogen (secondary N) is 2. The molecule has 0 saturated heterocycles. The van der Waals surface area contributed by atoms with Gasteiger partial charge in [0.05, 0.1) is 0 Å². The number of rotatable bonds is 5. The van der Waals surface area contributed by atoms with Crippen LogP contribution in [0.25, 0.3) is 0 Å². The molecule has 0 unspecified atom stereocenters. The Morgan fingerprint density at radius 3 is 1.64 bits per heavy atom. The van der Waals surface area contributed by atoms with E-state index in [1.54, 1.807) is 36.4 Å². The topological polar surface area (TPSA) is 58.2 Å². The fourth-order valence-electron chi connectivity index (χ4n) is 2.55. The number of carbonyl (C=O) groups is 2. The second-order valence-corrected chi connectivity index (χ2v) is 6.83. The van der Waals surface area contributed by atoms with Crippen molar-refractivity contribution in [3.8, 4) is 0 Å². The Hall–Kier alpha value is -2.89. The maximum Gasteiger partial charge on any atom is 0.253 e. The van der Waals surface area contributed by atoms with Crippen LogP contribution in [0.5, 0.6) is 0 Å². The lowest BCUT2D eigenvalue weighted by atomic mass is 10.1. The van der Waals surface area contributed by atoms with Gasteiger partial charge in [-0.25, -0.2) is 4.39 Å². The summed E-state index contributed by atoms with van der Waals surface area (Å²) in [6.07, 6.45) is -0.890. The number of hydrogen-bond donors (Lipinski definition) is 2. The lowest BCUT2D eigenvalue weighted by Crippen LogP contribution is -2.41. The van der Waals surface area contributed by atoms with Gasteiger partial charge in [0, 0.05) is 21.2 Å². The van der Waals surface area contributed by atoms with Crippen LogP contribution >= 0.6 is 23.2 Å². The maximum absolute atomic E-state index is 13.3. The van der Waals surface area contributed by atoms with Crippen molar-refractivity contribution >= 4 is 35.0 Å². The average molecular weight is 417 g/mol. The molecule has 4 nitrogen and oxygen atoms in total. The Balaban J connectivity index is 1.85. The molecule has 0 spiro atoms. The van der Waals surface area contributed by atoms with E-state index in [1.165, 1.54) is 36.4 Å². The molecule has 2 amide bonds. The summed E-state index contributed by atoms with van der Waals surface area (Å²) in [5.41, 5.74) is 1.17. The second-order valence-electron chi connectivity index (χ2n) is 5.95. The highest BCUT2D eigenvalue weighted by Gasteiger charge is 2.19. The van der Waals surface area contributed by atoms with E-state index in [9.17, 15) is 14.0 Å². The summed E-state index contributed by atoms with van der Waals surface area (Å²) in [6.45, 7) is 0. The third kappa shape index (κ3) is 5.09. The Bertz CT molecular complexity index is 950. The van der Waals surface area contributed by atoms with Gasteiger partial charge in [0.25, 0.3) is 11.8 Å². The van der Waals surface area contributed by atoms with Gasteiger partial charge < -0.3 is 10.6 Å². The molecular formula is C21H15Cl2FN2O2. The summed E-state index contributed by atoms with van der Waals surface area (Å²) >= 11 is 11.9. The molecule has 0 radical (unpaired) electrons. The molecule has 0 heterocycles. The molecule has 3 rings (SSSR count). The zero-order valence-electron chi connectivity index (χ0n) is 14.5. The molecule has 0 saturated carbocycles. The summed E-state index contributed by atoms with van der Waals surface area (Å²) in [7, 11) is 0. The highest BCUT2D eigenvalue weighted by molar-refractivity contribution is 6.31. The van der Waals surface area contributed by atoms with E-state index >= 15 is 0 Å². The van der Waals surface area contributed by atoms with Crippen LogP contribution in [0.2, 0.25) is 10.0 Å². The Morgan fingerprint density at radius 2 is 1.21 bits per heavy atom. The predicted molar refractivity (Wildman–Crippen MR) is 107 cm³/mol. The fourth-order valence-corrected chi connectivity index (χ4v) is 2.93. The van der Waals surface area contributed by atoms with E-state index < -0.39 is 23.8 Å². The van der Waals surface area contributed by atoms with Gasteiger partial charge in [-0.3, -0.25) is 9.59 Å². The first-order valence-electron chi connectivity index (χ1n) is 8.31. The summed E-state index contributed by atoms with van der Waals surface area (Å²) in [6, 6.07) is 18.3. The largest absolute Gasteiger partial charge is 0.328 e. The molecule has 0 aliphatic rings. The van der Waals surface area contributed by atoms with Gasteiger partial charge in [-0.15, -0.1) is 0 Å². The second kappa shape index (κ2) is 8.87. The quantitative estimate of drug-likeness (QED) is 0.575. The molecule has 0 atom stereocenters. The van der Waals surface area contributed by atoms with E-state index in [4.69, 9.17) is 23.2 Å². The van der Waals surface area contributed by atoms with Gasteiger partial charge in [-0.1, -0.05) is 47.5 Å². The molecule has 28 heavy (non-hydrogen) atoms. The first kappa shape index (κ1) is 19.9. The minimum absolute atomic E-state index is 0.330. The highest BCUT2D eigenvalue weighted by atomic mass is 35.5. The number of hydrogen-bond acceptors (Lipinski definition) is 2. The van der Waals surface area contributed by atoms with E-state index in [2.05, 4.69) is 10.6 Å². The van der Waals surface area contributed by atoms with Gasteiger partial charge >= 0.3 is 0 Å². The fraction of sp³-hybridized carbons (Fsp3) is 0.0476. The van der Waals surface area contributed by atoms with E-state index in [0.717, 1.165) is 0 Å². The van der Waals surface area contributed by atoms with Crippen molar-refractivity contribution in [3.05, 3.63) is 105 Å². The molecule has 142 valence electrons. The van der Waals surface area contributed by atoms with Gasteiger partial charge in [0.15, 0.2) is 0 Å². The summed E-state index contributed by atoms with van der Waals surface area (Å²) < 4.78 is 13.3. The van der Waals surface area contributed by atoms with Crippen LogP contribution < -0.4 is 10.6 Å². The first-order valence-corrected chi connectivity index (χ1v) is 9.06. The first-order chi connectivity index (χ1) is 13.4. The molecule has 2 N–H and O–H groups in total. The van der Waals surface area contributed by atoms with Crippen LogP contribution in [-0.4, -0.2) is 11.8 Å². The Kier molecular flexibility index (Phi) is 6.29. The molecule has 0 aliphatic heterocycles. The van der Waals surface area contributed by atoms with E-state index in [0.29, 0.717) is 26.7 Å². The van der Waals surface area contributed by atoms with Gasteiger partial charge in [0.2, 0.25) is 0 Å². The molecule has 3 aromatic carbocycles. The molecular weight excluding hydrogens is 402 g/mol. The minimum atomic E-state index is -0.890. The summed E-state index contributed by atoms with van der Waals surface area (Å²) in [5.74, 6) is -1.31. The standard InChI is InChI=1S/C21H15Cl2FN2O2/c22-16-5-1-3-14(11-16)20(27)25-19(13-7-9-18(24)10-8-13)26-21(28)15-4-2-6-17(23)12-15/h1-12,19H,(H,25,27)(H,26,28). The van der Waals surface area contributed by atoms with Crippen LogP contribution in [0.4, 0.5) is 4.39 Å². The lowest BCUT2D eigenvalue weighted by molar-refractivity contribution is 0.0883. The van der Waals surface area contributed by atoms with E-state index in [-0.39, 0.29) is 0 Å². The summed E-state index contributed by atoms with van der Waals surface area (Å²) in [4.78, 5) is 25.2. The SMILES string of the molecule is O=C(NC(NC(=O)c1cccc(Cl)c1)c1ccc(F)cc1)c1cccc(Cl)c1. The zero-order chi connectivity index (χ0) is 20.1. The normalized spacial score (nSPS) is 10.6. The van der Waals surface area contributed by atoms with Crippen molar-refractivity contribution in [1.82, 2.24) is 10.6 Å². The molecule has 0 fully saturated rings. The number of halogens is 3. The van der Waals surface area contributed by atoms with Crippen molar-refractivity contribution in [1.29, 1.82) is 0 Å². The van der Waals surface area contributed by atoms with Gasteiger partial charge in [-0.2, -0.15) is 0 Å². The Labute approximate surface area is 171 Å². The molecule has 3 aromatic rings. The number of benzene rings is 3. The Morgan fingerprint density at radius 1 is 0.750 bits per heavy atom. The van der Waals surface area contributed by atoms with Gasteiger partial charge in [-0.05, 0) is 54.1 Å². The van der Waals surface area contributed by atoms with Gasteiger partial charge in [0.1, 0.15) is 12.0 Å². The zero-order valence-corrected chi connectivity index (χ0v) is 16.0. The smallest absolute Gasteiger partial charge is 0.253 e. The monoisotopic (exact) mass is 416 g/mol. The number of amides is 2. The highest BCUT2D eigenvalue weighted by Crippen LogP contribution is 2.16. The van der Waals surface area contributed by atoms with Crippen molar-refractivity contribution in [2.75, 3.05) is 0 Å². The van der Waals surface area contributed by atoms with Crippen LogP contribution in [0.1, 0.15) is 32.4 Å². The van der Waals surface area contributed by atoms with Crippen molar-refractivity contribution in [2.24, 2.45) is 0 Å². The van der Waals surface area contributed by atoms with Crippen molar-refractivity contribution < 1.29 is 14.0 Å². The molecule has 0 aromatic heterocycles. The third-order valence-electron chi connectivity index (χ3n) is 3.93. The predicted octanol–water partition coefficient (Wildman–Crippen LogP) is 4.99. The van der Waals surface area contributed by atoms with Crippen molar-refractivity contribution in [3.63, 3.8) is 0 Å². The van der Waals surface area contributed by atoms with Crippen LogP contribution in [-0.2, 0) is 0 Å². The maximum atomic E-state index is 13.3. The summed E-state index contributed by atoms with van der Waals surface area (Å²) in [5, 5.41) is 6.28. The number of carbonyl (C=O) groups excluding carboxylic acids is 2. The van der Waals surface area contributed by atoms with Crippen molar-refractivity contribution in [2.45, 2.75) is 6.17 Å². The molecule has 0 bridgehead atoms. The third-order valence-corrected chi connectivity index (χ3v) is 4.40.